The quantitative estimate of drug-likeness (QED) is 0.189. The highest BCUT2D eigenvalue weighted by molar-refractivity contribution is 7.92. The summed E-state index contributed by atoms with van der Waals surface area (Å²) in [7, 11) is -2.76. The van der Waals surface area contributed by atoms with Crippen LogP contribution in [-0.2, 0) is 32.6 Å². The van der Waals surface area contributed by atoms with Crippen molar-refractivity contribution in [2.45, 2.75) is 44.7 Å². The number of hydrogen-bond acceptors (Lipinski definition) is 5. The maximum Gasteiger partial charge on any atom is 0.264 e. The summed E-state index contributed by atoms with van der Waals surface area (Å²) in [5, 5.41) is 2.92. The van der Waals surface area contributed by atoms with Gasteiger partial charge in [-0.2, -0.15) is 0 Å². The summed E-state index contributed by atoms with van der Waals surface area (Å²) in [6.45, 7) is 5.23. The van der Waals surface area contributed by atoms with Gasteiger partial charge in [0.25, 0.3) is 10.0 Å². The summed E-state index contributed by atoms with van der Waals surface area (Å²) < 4.78 is 49.6. The molecule has 1 N–H and O–H groups in total. The fourth-order valence-corrected chi connectivity index (χ4v) is 6.32. The second-order valence-corrected chi connectivity index (χ2v) is 13.3. The van der Waals surface area contributed by atoms with Crippen LogP contribution >= 0.6 is 0 Å². The third kappa shape index (κ3) is 8.72. The summed E-state index contributed by atoms with van der Waals surface area (Å²) in [6, 6.07) is 26.8. The number of benzene rings is 4. The van der Waals surface area contributed by atoms with Crippen LogP contribution in [-0.4, -0.2) is 51.4 Å². The van der Waals surface area contributed by atoms with Crippen molar-refractivity contribution >= 4 is 27.5 Å². The van der Waals surface area contributed by atoms with E-state index < -0.39 is 40.2 Å². The summed E-state index contributed by atoms with van der Waals surface area (Å²) >= 11 is 0. The molecule has 2 amide bonds. The Hall–Kier alpha value is -4.70. The lowest BCUT2D eigenvalue weighted by atomic mass is 10.0. The van der Waals surface area contributed by atoms with E-state index in [4.69, 9.17) is 4.74 Å². The lowest BCUT2D eigenvalue weighted by molar-refractivity contribution is -0.140. The molecule has 0 saturated carbocycles. The zero-order chi connectivity index (χ0) is 33.3. The summed E-state index contributed by atoms with van der Waals surface area (Å²) in [6.07, 6.45) is 0.137. The van der Waals surface area contributed by atoms with Crippen molar-refractivity contribution in [3.8, 4) is 5.75 Å². The molecular formula is C36H40FN3O5S. The summed E-state index contributed by atoms with van der Waals surface area (Å²) in [5.41, 5.74) is 2.09. The Morgan fingerprint density at radius 2 is 1.50 bits per heavy atom. The Balaban J connectivity index is 1.81. The van der Waals surface area contributed by atoms with E-state index >= 15 is 4.39 Å². The fourth-order valence-electron chi connectivity index (χ4n) is 4.90. The van der Waals surface area contributed by atoms with Crippen LogP contribution in [0, 0.1) is 18.7 Å². The highest BCUT2D eigenvalue weighted by atomic mass is 32.2. The van der Waals surface area contributed by atoms with E-state index in [-0.39, 0.29) is 35.0 Å². The molecule has 4 aromatic rings. The minimum absolute atomic E-state index is 0.00196. The van der Waals surface area contributed by atoms with Crippen molar-refractivity contribution < 1.29 is 27.1 Å². The molecule has 0 radical (unpaired) electrons. The molecule has 0 saturated heterocycles. The molecule has 0 aliphatic rings. The van der Waals surface area contributed by atoms with Gasteiger partial charge in [0.1, 0.15) is 24.2 Å². The number of halogens is 1. The number of nitrogens with zero attached hydrogens (tertiary/aromatic N) is 2. The fraction of sp³-hybridized carbons (Fsp3) is 0.278. The van der Waals surface area contributed by atoms with Crippen molar-refractivity contribution in [1.82, 2.24) is 10.2 Å². The number of methoxy groups -OCH3 is 1. The lowest BCUT2D eigenvalue weighted by Crippen LogP contribution is -2.53. The van der Waals surface area contributed by atoms with Crippen LogP contribution in [0.15, 0.2) is 108 Å². The van der Waals surface area contributed by atoms with Crippen molar-refractivity contribution in [1.29, 1.82) is 0 Å². The average Bonchev–Trinajstić information content (AvgIpc) is 3.05. The molecular weight excluding hydrogens is 605 g/mol. The van der Waals surface area contributed by atoms with Crippen LogP contribution in [0.2, 0.25) is 0 Å². The highest BCUT2D eigenvalue weighted by Crippen LogP contribution is 2.27. The first-order valence-electron chi connectivity index (χ1n) is 15.1. The second-order valence-electron chi connectivity index (χ2n) is 11.5. The van der Waals surface area contributed by atoms with Crippen LogP contribution in [0.25, 0.3) is 0 Å². The number of sulfonamides is 1. The van der Waals surface area contributed by atoms with E-state index in [9.17, 15) is 18.0 Å². The second kappa shape index (κ2) is 15.5. The Labute approximate surface area is 270 Å². The molecule has 0 fully saturated rings. The Morgan fingerprint density at radius 1 is 0.870 bits per heavy atom. The lowest BCUT2D eigenvalue weighted by Gasteiger charge is -2.34. The minimum atomic E-state index is -4.26. The van der Waals surface area contributed by atoms with Gasteiger partial charge in [0.05, 0.1) is 17.7 Å². The van der Waals surface area contributed by atoms with Crippen molar-refractivity contribution in [2.75, 3.05) is 24.5 Å². The molecule has 4 rings (SSSR count). The van der Waals surface area contributed by atoms with Gasteiger partial charge in [0.15, 0.2) is 0 Å². The molecule has 0 aliphatic carbocycles. The number of amides is 2. The molecule has 242 valence electrons. The Kier molecular flexibility index (Phi) is 11.5. The van der Waals surface area contributed by atoms with Gasteiger partial charge >= 0.3 is 0 Å². The van der Waals surface area contributed by atoms with Crippen molar-refractivity contribution in [2.24, 2.45) is 5.92 Å². The average molecular weight is 646 g/mol. The Bertz CT molecular complexity index is 1710. The molecule has 46 heavy (non-hydrogen) atoms. The number of aryl methyl sites for hydroxylation is 1. The van der Waals surface area contributed by atoms with Crippen molar-refractivity contribution in [3.63, 3.8) is 0 Å². The van der Waals surface area contributed by atoms with Gasteiger partial charge in [0.2, 0.25) is 11.8 Å². The zero-order valence-corrected chi connectivity index (χ0v) is 27.3. The largest absolute Gasteiger partial charge is 0.497 e. The number of carbonyl (C=O) groups is 2. The molecule has 0 aromatic heterocycles. The first kappa shape index (κ1) is 34.2. The van der Waals surface area contributed by atoms with Gasteiger partial charge in [-0.15, -0.1) is 0 Å². The van der Waals surface area contributed by atoms with Crippen LogP contribution in [0.1, 0.15) is 30.5 Å². The summed E-state index contributed by atoms with van der Waals surface area (Å²) in [5.74, 6) is -0.980. The maximum absolute atomic E-state index is 15.0. The van der Waals surface area contributed by atoms with Crippen LogP contribution in [0.5, 0.6) is 5.75 Å². The van der Waals surface area contributed by atoms with Gasteiger partial charge in [-0.1, -0.05) is 80.1 Å². The van der Waals surface area contributed by atoms with E-state index in [1.807, 2.05) is 51.1 Å². The molecule has 4 aromatic carbocycles. The number of hydrogen-bond donors (Lipinski definition) is 1. The normalized spacial score (nSPS) is 12.0. The van der Waals surface area contributed by atoms with E-state index in [0.717, 1.165) is 15.4 Å². The number of rotatable bonds is 14. The van der Waals surface area contributed by atoms with E-state index in [2.05, 4.69) is 5.32 Å². The number of nitrogens with one attached hydrogen (secondary N) is 1. The molecule has 0 aliphatic heterocycles. The zero-order valence-electron chi connectivity index (χ0n) is 26.5. The third-order valence-electron chi connectivity index (χ3n) is 7.50. The molecule has 10 heteroatoms. The van der Waals surface area contributed by atoms with E-state index in [1.54, 1.807) is 54.6 Å². The van der Waals surface area contributed by atoms with E-state index in [0.29, 0.717) is 12.3 Å². The third-order valence-corrected chi connectivity index (χ3v) is 9.29. The standard InChI is InChI=1S/C36H40FN3O5S/c1-26(2)23-38-36(42)34(22-28-10-6-5-7-11-28)39(24-29-12-8-9-13-33(29)37)35(41)25-40(30-16-18-31(45-4)19-17-30)46(43,44)32-20-14-27(3)15-21-32/h5-21,26,34H,22-25H2,1-4H3,(H,38,42)/t34-/m0/s1. The summed E-state index contributed by atoms with van der Waals surface area (Å²) in [4.78, 5) is 29.5. The van der Waals surface area contributed by atoms with Gasteiger partial charge in [-0.3, -0.25) is 13.9 Å². The smallest absolute Gasteiger partial charge is 0.264 e. The van der Waals surface area contributed by atoms with E-state index in [1.165, 1.54) is 30.2 Å². The first-order chi connectivity index (χ1) is 22.0. The Morgan fingerprint density at radius 3 is 2.11 bits per heavy atom. The number of ether oxygens (including phenoxy) is 1. The van der Waals surface area contributed by atoms with Gasteiger partial charge in [-0.25, -0.2) is 12.8 Å². The van der Waals surface area contributed by atoms with Crippen LogP contribution in [0.4, 0.5) is 10.1 Å². The predicted molar refractivity (Wildman–Crippen MR) is 177 cm³/mol. The molecule has 0 spiro atoms. The highest BCUT2D eigenvalue weighted by Gasteiger charge is 2.35. The molecule has 1 atom stereocenters. The molecule has 0 unspecified atom stereocenters. The van der Waals surface area contributed by atoms with Gasteiger partial charge < -0.3 is 15.0 Å². The van der Waals surface area contributed by atoms with Crippen LogP contribution in [0.3, 0.4) is 0 Å². The van der Waals surface area contributed by atoms with Gasteiger partial charge in [0, 0.05) is 25.1 Å². The molecule has 0 heterocycles. The maximum atomic E-state index is 15.0. The van der Waals surface area contributed by atoms with Gasteiger partial charge in [-0.05, 0) is 60.9 Å². The molecule has 0 bridgehead atoms. The topological polar surface area (TPSA) is 96.0 Å². The van der Waals surface area contributed by atoms with Crippen molar-refractivity contribution in [3.05, 3.63) is 126 Å². The number of carbonyl (C=O) groups excluding carboxylic acids is 2. The first-order valence-corrected chi connectivity index (χ1v) is 16.5. The predicted octanol–water partition coefficient (Wildman–Crippen LogP) is 5.75. The SMILES string of the molecule is COc1ccc(N(CC(=O)N(Cc2ccccc2F)[C@@H](Cc2ccccc2)C(=O)NCC(C)C)S(=O)(=O)c2ccc(C)cc2)cc1. The number of anilines is 1. The minimum Gasteiger partial charge on any atom is -0.497 e. The monoisotopic (exact) mass is 645 g/mol. The van der Waals surface area contributed by atoms with Crippen LogP contribution < -0.4 is 14.4 Å². The molecule has 8 nitrogen and oxygen atoms in total.